The Morgan fingerprint density at radius 1 is 1.11 bits per heavy atom. The summed E-state index contributed by atoms with van der Waals surface area (Å²) in [5.41, 5.74) is 2.36. The molecule has 0 aliphatic carbocycles. The van der Waals surface area contributed by atoms with E-state index in [9.17, 15) is 18.0 Å². The number of hydrogen-bond donors (Lipinski definition) is 2. The largest absolute Gasteiger partial charge is 0.451 e. The third kappa shape index (κ3) is 6.27. The van der Waals surface area contributed by atoms with Crippen molar-refractivity contribution in [3.63, 3.8) is 0 Å². The summed E-state index contributed by atoms with van der Waals surface area (Å²) >= 11 is 0. The van der Waals surface area contributed by atoms with Crippen LogP contribution in [-0.2, 0) is 23.9 Å². The number of nitriles is 1. The maximum atomic E-state index is 13.6. The number of aromatic nitrogens is 3. The maximum Gasteiger partial charge on any atom is 0.451 e. The second-order valence-corrected chi connectivity index (χ2v) is 8.34. The van der Waals surface area contributed by atoms with E-state index in [4.69, 9.17) is 5.26 Å². The van der Waals surface area contributed by atoms with E-state index in [1.165, 1.54) is 6.07 Å². The Bertz CT molecular complexity index is 1230. The average molecular weight is 496 g/mol. The van der Waals surface area contributed by atoms with Crippen LogP contribution in [0.5, 0.6) is 0 Å². The monoisotopic (exact) mass is 495 g/mol. The fraction of sp³-hybridized carbons (Fsp3) is 0.320. The molecule has 1 aliphatic rings. The summed E-state index contributed by atoms with van der Waals surface area (Å²) in [6.07, 6.45) is 0.185. The molecular weight excluding hydrogens is 471 g/mol. The van der Waals surface area contributed by atoms with Crippen LogP contribution in [-0.4, -0.2) is 40.0 Å². The molecule has 11 heteroatoms. The average Bonchev–Trinajstić information content (AvgIpc) is 3.38. The number of hydrogen-bond acceptors (Lipinski definition) is 7. The van der Waals surface area contributed by atoms with Crippen molar-refractivity contribution in [2.75, 3.05) is 23.3 Å². The van der Waals surface area contributed by atoms with Crippen LogP contribution in [0.15, 0.2) is 54.9 Å². The zero-order chi connectivity index (χ0) is 25.5. The van der Waals surface area contributed by atoms with Crippen LogP contribution in [0.25, 0.3) is 0 Å². The molecule has 1 atom stereocenters. The van der Waals surface area contributed by atoms with Crippen LogP contribution in [0, 0.1) is 11.3 Å². The van der Waals surface area contributed by atoms with E-state index in [0.717, 1.165) is 11.1 Å². The van der Waals surface area contributed by atoms with Gasteiger partial charge in [0.05, 0.1) is 11.6 Å². The Morgan fingerprint density at radius 3 is 2.56 bits per heavy atom. The minimum Gasteiger partial charge on any atom is -0.366 e. The Labute approximate surface area is 206 Å². The van der Waals surface area contributed by atoms with Crippen LogP contribution >= 0.6 is 0 Å². The molecule has 4 rings (SSSR count). The molecular formula is C25H24F3N7O. The van der Waals surface area contributed by atoms with Crippen molar-refractivity contribution in [3.05, 3.63) is 77.4 Å². The normalized spacial score (nSPS) is 15.4. The summed E-state index contributed by atoms with van der Waals surface area (Å²) in [7, 11) is 0. The standard InChI is InChI=1S/C25H24F3N7O/c26-25(27,28)24-33-21(32-16-19-7-10-30-11-8-19)14-22(34-24)35-13-1-2-20(35)23(36)31-12-9-17-3-5-18(15-29)6-4-17/h3-8,10-11,14,20H,1-2,9,12-13,16H2,(H,31,36)(H,32,33,34)/t20-/m0/s1. The third-order valence-corrected chi connectivity index (χ3v) is 5.83. The van der Waals surface area contributed by atoms with Gasteiger partial charge in [0.1, 0.15) is 17.7 Å². The summed E-state index contributed by atoms with van der Waals surface area (Å²) in [5, 5.41) is 14.7. The minimum atomic E-state index is -4.73. The summed E-state index contributed by atoms with van der Waals surface area (Å²) < 4.78 is 40.7. The number of carbonyl (C=O) groups is 1. The zero-order valence-electron chi connectivity index (χ0n) is 19.3. The molecule has 186 valence electrons. The molecule has 1 saturated heterocycles. The summed E-state index contributed by atoms with van der Waals surface area (Å²) in [6.45, 7) is 1.03. The number of nitrogens with zero attached hydrogens (tertiary/aromatic N) is 5. The lowest BCUT2D eigenvalue weighted by Crippen LogP contribution is -2.44. The fourth-order valence-electron chi connectivity index (χ4n) is 4.00. The molecule has 0 spiro atoms. The van der Waals surface area contributed by atoms with Crippen molar-refractivity contribution in [1.82, 2.24) is 20.3 Å². The lowest BCUT2D eigenvalue weighted by atomic mass is 10.1. The van der Waals surface area contributed by atoms with E-state index in [-0.39, 0.29) is 24.1 Å². The van der Waals surface area contributed by atoms with Gasteiger partial charge in [-0.25, -0.2) is 9.97 Å². The van der Waals surface area contributed by atoms with Gasteiger partial charge < -0.3 is 15.5 Å². The lowest BCUT2D eigenvalue weighted by molar-refractivity contribution is -0.144. The number of alkyl halides is 3. The second-order valence-electron chi connectivity index (χ2n) is 8.34. The second kappa shape index (κ2) is 11.0. The number of benzene rings is 1. The number of rotatable bonds is 8. The minimum absolute atomic E-state index is 0.0241. The number of carbonyl (C=O) groups excluding carboxylic acids is 1. The highest BCUT2D eigenvalue weighted by atomic mass is 19.4. The predicted molar refractivity (Wildman–Crippen MR) is 127 cm³/mol. The van der Waals surface area contributed by atoms with Gasteiger partial charge >= 0.3 is 6.18 Å². The van der Waals surface area contributed by atoms with Crippen molar-refractivity contribution < 1.29 is 18.0 Å². The van der Waals surface area contributed by atoms with E-state index in [1.54, 1.807) is 41.6 Å². The first-order chi connectivity index (χ1) is 17.3. The number of nitrogens with one attached hydrogen (secondary N) is 2. The van der Waals surface area contributed by atoms with Crippen molar-refractivity contribution in [1.29, 1.82) is 5.26 Å². The summed E-state index contributed by atoms with van der Waals surface area (Å²) in [6, 6.07) is 13.4. The molecule has 1 fully saturated rings. The highest BCUT2D eigenvalue weighted by molar-refractivity contribution is 5.85. The van der Waals surface area contributed by atoms with Gasteiger partial charge in [-0.15, -0.1) is 0 Å². The zero-order valence-corrected chi connectivity index (χ0v) is 19.3. The van der Waals surface area contributed by atoms with Gasteiger partial charge in [-0.3, -0.25) is 9.78 Å². The Kier molecular flexibility index (Phi) is 7.63. The first kappa shape index (κ1) is 24.9. The predicted octanol–water partition coefficient (Wildman–Crippen LogP) is 3.70. The van der Waals surface area contributed by atoms with Gasteiger partial charge in [0, 0.05) is 38.1 Å². The first-order valence-electron chi connectivity index (χ1n) is 11.5. The SMILES string of the molecule is N#Cc1ccc(CCNC(=O)[C@@H]2CCCN2c2cc(NCc3ccncc3)nc(C(F)(F)F)n2)cc1. The molecule has 3 heterocycles. The van der Waals surface area contributed by atoms with Gasteiger partial charge in [0.2, 0.25) is 11.7 Å². The van der Waals surface area contributed by atoms with Crippen molar-refractivity contribution in [2.45, 2.75) is 38.0 Å². The highest BCUT2D eigenvalue weighted by Crippen LogP contribution is 2.32. The molecule has 1 aliphatic heterocycles. The summed E-state index contributed by atoms with van der Waals surface area (Å²) in [4.78, 5) is 25.8. The quantitative estimate of drug-likeness (QED) is 0.491. The highest BCUT2D eigenvalue weighted by Gasteiger charge is 2.38. The molecule has 0 bridgehead atoms. The van der Waals surface area contributed by atoms with Crippen LogP contribution in [0.4, 0.5) is 24.8 Å². The fourth-order valence-corrected chi connectivity index (χ4v) is 4.00. The lowest BCUT2D eigenvalue weighted by Gasteiger charge is -2.26. The summed E-state index contributed by atoms with van der Waals surface area (Å²) in [5.74, 6) is -1.45. The molecule has 8 nitrogen and oxygen atoms in total. The number of halogens is 3. The van der Waals surface area contributed by atoms with Crippen LogP contribution in [0.1, 0.15) is 35.4 Å². The van der Waals surface area contributed by atoms with Crippen molar-refractivity contribution >= 4 is 17.5 Å². The van der Waals surface area contributed by atoms with E-state index >= 15 is 0 Å². The molecule has 0 unspecified atom stereocenters. The van der Waals surface area contributed by atoms with E-state index in [0.29, 0.717) is 37.9 Å². The number of anilines is 2. The van der Waals surface area contributed by atoms with E-state index in [1.807, 2.05) is 12.1 Å². The Morgan fingerprint density at radius 2 is 1.86 bits per heavy atom. The van der Waals surface area contributed by atoms with Crippen molar-refractivity contribution in [3.8, 4) is 6.07 Å². The molecule has 1 amide bonds. The number of amides is 1. The molecule has 2 aromatic heterocycles. The first-order valence-corrected chi connectivity index (χ1v) is 11.5. The molecule has 1 aromatic carbocycles. The Balaban J connectivity index is 1.45. The van der Waals surface area contributed by atoms with Gasteiger partial charge in [-0.05, 0) is 54.7 Å². The van der Waals surface area contributed by atoms with Gasteiger partial charge in [-0.2, -0.15) is 18.4 Å². The topological polar surface area (TPSA) is 107 Å². The molecule has 0 saturated carbocycles. The van der Waals surface area contributed by atoms with Crippen LogP contribution in [0.3, 0.4) is 0 Å². The van der Waals surface area contributed by atoms with E-state index < -0.39 is 18.0 Å². The van der Waals surface area contributed by atoms with Crippen molar-refractivity contribution in [2.24, 2.45) is 0 Å². The van der Waals surface area contributed by atoms with Crippen LogP contribution < -0.4 is 15.5 Å². The number of pyridine rings is 1. The smallest absolute Gasteiger partial charge is 0.366 e. The molecule has 2 N–H and O–H groups in total. The maximum absolute atomic E-state index is 13.6. The van der Waals surface area contributed by atoms with E-state index in [2.05, 4.69) is 31.7 Å². The van der Waals surface area contributed by atoms with Gasteiger partial charge in [0.15, 0.2) is 0 Å². The third-order valence-electron chi connectivity index (χ3n) is 5.83. The van der Waals surface area contributed by atoms with Crippen LogP contribution in [0.2, 0.25) is 0 Å². The molecule has 36 heavy (non-hydrogen) atoms. The van der Waals surface area contributed by atoms with Gasteiger partial charge in [0.25, 0.3) is 0 Å². The molecule has 3 aromatic rings. The van der Waals surface area contributed by atoms with Gasteiger partial charge in [-0.1, -0.05) is 12.1 Å². The Hall–Kier alpha value is -4.20. The molecule has 0 radical (unpaired) electrons.